The number of rotatable bonds is 39. The van der Waals surface area contributed by atoms with Crippen LogP contribution in [0.5, 0.6) is 0 Å². The summed E-state index contributed by atoms with van der Waals surface area (Å²) in [6.07, 6.45) is 54.0. The molecule has 0 fully saturated rings. The van der Waals surface area contributed by atoms with Gasteiger partial charge in [0.15, 0.2) is 0 Å². The fourth-order valence-electron chi connectivity index (χ4n) is 6.48. The largest absolute Gasteiger partial charge is 0.394 e. The molecule has 0 saturated carbocycles. The van der Waals surface area contributed by atoms with Gasteiger partial charge in [-0.15, -0.1) is 0 Å². The van der Waals surface area contributed by atoms with Gasteiger partial charge in [-0.05, 0) is 57.8 Å². The van der Waals surface area contributed by atoms with Gasteiger partial charge in [0.2, 0.25) is 5.91 Å². The first-order valence-electron chi connectivity index (χ1n) is 21.7. The maximum absolute atomic E-state index is 12.3. The van der Waals surface area contributed by atoms with E-state index in [9.17, 15) is 15.0 Å². The Labute approximate surface area is 306 Å². The molecule has 3 N–H and O–H groups in total. The summed E-state index contributed by atoms with van der Waals surface area (Å²) in [6, 6.07) is -0.645. The van der Waals surface area contributed by atoms with Crippen LogP contribution < -0.4 is 5.32 Å². The summed E-state index contributed by atoms with van der Waals surface area (Å²) in [5.74, 6) is -0.0902. The zero-order valence-corrected chi connectivity index (χ0v) is 33.0. The summed E-state index contributed by atoms with van der Waals surface area (Å²) in [5, 5.41) is 22.9. The molecular weight excluding hydrogens is 602 g/mol. The van der Waals surface area contributed by atoms with Crippen molar-refractivity contribution in [1.82, 2.24) is 5.32 Å². The van der Waals surface area contributed by atoms with Crippen LogP contribution in [0.25, 0.3) is 0 Å². The summed E-state index contributed by atoms with van der Waals surface area (Å²) < 4.78 is 0. The number of hydrogen-bond acceptors (Lipinski definition) is 3. The van der Waals surface area contributed by atoms with E-state index in [2.05, 4.69) is 43.5 Å². The molecule has 0 spiro atoms. The van der Waals surface area contributed by atoms with Gasteiger partial charge in [0, 0.05) is 6.42 Å². The molecule has 0 aromatic carbocycles. The topological polar surface area (TPSA) is 69.6 Å². The molecule has 0 rings (SSSR count). The van der Waals surface area contributed by atoms with E-state index in [1.807, 2.05) is 6.08 Å². The Morgan fingerprint density at radius 3 is 1.18 bits per heavy atom. The second-order valence-electron chi connectivity index (χ2n) is 14.8. The SMILES string of the molecule is CCCCCCCC/C=C\CCCCCC(=O)NC(CO)C(O)/C=C/CC/C=C/CCCCCCCCCCCCCCCCCCCC. The molecule has 0 aromatic heterocycles. The van der Waals surface area contributed by atoms with E-state index in [0.29, 0.717) is 6.42 Å². The summed E-state index contributed by atoms with van der Waals surface area (Å²) in [5.41, 5.74) is 0. The Morgan fingerprint density at radius 2 is 0.796 bits per heavy atom. The highest BCUT2D eigenvalue weighted by molar-refractivity contribution is 5.76. The van der Waals surface area contributed by atoms with Crippen molar-refractivity contribution >= 4 is 5.91 Å². The molecule has 0 saturated heterocycles. The minimum absolute atomic E-state index is 0.0902. The molecule has 0 aromatic rings. The molecule has 2 unspecified atom stereocenters. The molecule has 288 valence electrons. The molecule has 4 heteroatoms. The van der Waals surface area contributed by atoms with E-state index in [0.717, 1.165) is 44.9 Å². The Kier molecular flexibility index (Phi) is 39.9. The maximum Gasteiger partial charge on any atom is 0.220 e. The van der Waals surface area contributed by atoms with Crippen molar-refractivity contribution in [3.8, 4) is 0 Å². The van der Waals surface area contributed by atoms with Crippen LogP contribution >= 0.6 is 0 Å². The van der Waals surface area contributed by atoms with Crippen LogP contribution in [0.15, 0.2) is 36.5 Å². The first-order chi connectivity index (χ1) is 24.2. The van der Waals surface area contributed by atoms with Gasteiger partial charge in [0.25, 0.3) is 0 Å². The number of carbonyl (C=O) groups is 1. The highest BCUT2D eigenvalue weighted by Gasteiger charge is 2.17. The number of amides is 1. The molecule has 0 radical (unpaired) electrons. The fourth-order valence-corrected chi connectivity index (χ4v) is 6.48. The third kappa shape index (κ3) is 37.7. The Bertz CT molecular complexity index is 746. The number of aliphatic hydroxyl groups is 2. The van der Waals surface area contributed by atoms with Gasteiger partial charge in [0.1, 0.15) is 0 Å². The zero-order valence-electron chi connectivity index (χ0n) is 33.0. The molecule has 1 amide bonds. The maximum atomic E-state index is 12.3. The highest BCUT2D eigenvalue weighted by atomic mass is 16.3. The van der Waals surface area contributed by atoms with Crippen LogP contribution in [0.2, 0.25) is 0 Å². The summed E-state index contributed by atoms with van der Waals surface area (Å²) in [6.45, 7) is 4.28. The number of hydrogen-bond donors (Lipinski definition) is 3. The molecule has 2 atom stereocenters. The van der Waals surface area contributed by atoms with E-state index in [1.165, 1.54) is 161 Å². The van der Waals surface area contributed by atoms with Gasteiger partial charge in [-0.1, -0.05) is 198 Å². The lowest BCUT2D eigenvalue weighted by molar-refractivity contribution is -0.123. The number of carbonyl (C=O) groups excluding carboxylic acids is 1. The van der Waals surface area contributed by atoms with Crippen LogP contribution in [-0.2, 0) is 4.79 Å². The Balaban J connectivity index is 3.59. The average molecular weight is 688 g/mol. The summed E-state index contributed by atoms with van der Waals surface area (Å²) in [7, 11) is 0. The van der Waals surface area contributed by atoms with Gasteiger partial charge in [-0.25, -0.2) is 0 Å². The lowest BCUT2D eigenvalue weighted by atomic mass is 10.0. The van der Waals surface area contributed by atoms with Gasteiger partial charge < -0.3 is 15.5 Å². The highest BCUT2D eigenvalue weighted by Crippen LogP contribution is 2.15. The first-order valence-corrected chi connectivity index (χ1v) is 21.7. The van der Waals surface area contributed by atoms with Crippen LogP contribution in [-0.4, -0.2) is 34.9 Å². The van der Waals surface area contributed by atoms with Crippen molar-refractivity contribution in [3.05, 3.63) is 36.5 Å². The van der Waals surface area contributed by atoms with Crippen molar-refractivity contribution in [1.29, 1.82) is 0 Å². The third-order valence-electron chi connectivity index (χ3n) is 9.85. The van der Waals surface area contributed by atoms with Gasteiger partial charge >= 0.3 is 0 Å². The number of aliphatic hydroxyl groups excluding tert-OH is 2. The van der Waals surface area contributed by atoms with Crippen molar-refractivity contribution < 1.29 is 15.0 Å². The third-order valence-corrected chi connectivity index (χ3v) is 9.85. The average Bonchev–Trinajstić information content (AvgIpc) is 3.10. The second kappa shape index (κ2) is 41.0. The lowest BCUT2D eigenvalue weighted by Crippen LogP contribution is -2.45. The molecular formula is C45H85NO3. The standard InChI is InChI=1S/C45H85NO3/c1-3-5-7-9-11-13-15-17-18-19-20-21-22-23-24-25-26-27-29-30-32-34-36-38-40-44(48)43(42-47)46-45(49)41-39-37-35-33-31-28-16-14-12-10-8-6-4-2/h28,30-32,38,40,43-44,47-48H,3-27,29,33-37,39,41-42H2,1-2H3,(H,46,49)/b31-28-,32-30+,40-38+. The van der Waals surface area contributed by atoms with Gasteiger partial charge in [-0.2, -0.15) is 0 Å². The van der Waals surface area contributed by atoms with Gasteiger partial charge in [-0.3, -0.25) is 4.79 Å². The minimum atomic E-state index is -0.866. The summed E-state index contributed by atoms with van der Waals surface area (Å²) in [4.78, 5) is 12.3. The van der Waals surface area contributed by atoms with E-state index >= 15 is 0 Å². The normalized spacial score (nSPS) is 13.3. The van der Waals surface area contributed by atoms with Crippen molar-refractivity contribution in [2.24, 2.45) is 0 Å². The van der Waals surface area contributed by atoms with E-state index in [-0.39, 0.29) is 12.5 Å². The van der Waals surface area contributed by atoms with Crippen LogP contribution in [0, 0.1) is 0 Å². The van der Waals surface area contributed by atoms with E-state index in [4.69, 9.17) is 0 Å². The molecule has 0 heterocycles. The monoisotopic (exact) mass is 688 g/mol. The number of unbranched alkanes of at least 4 members (excludes halogenated alkanes) is 28. The van der Waals surface area contributed by atoms with Crippen LogP contribution in [0.3, 0.4) is 0 Å². The molecule has 49 heavy (non-hydrogen) atoms. The quantitative estimate of drug-likeness (QED) is 0.0445. The van der Waals surface area contributed by atoms with Crippen LogP contribution in [0.1, 0.15) is 226 Å². The van der Waals surface area contributed by atoms with Crippen molar-refractivity contribution in [2.75, 3.05) is 6.61 Å². The molecule has 0 aliphatic heterocycles. The first kappa shape index (κ1) is 47.6. The molecule has 0 aliphatic rings. The minimum Gasteiger partial charge on any atom is -0.394 e. The van der Waals surface area contributed by atoms with E-state index < -0.39 is 12.1 Å². The molecule has 0 bridgehead atoms. The van der Waals surface area contributed by atoms with Gasteiger partial charge in [0.05, 0.1) is 18.8 Å². The van der Waals surface area contributed by atoms with E-state index in [1.54, 1.807) is 6.08 Å². The molecule has 0 aliphatic carbocycles. The number of allylic oxidation sites excluding steroid dienone is 5. The van der Waals surface area contributed by atoms with Crippen molar-refractivity contribution in [3.63, 3.8) is 0 Å². The fraction of sp³-hybridized carbons (Fsp3) is 0.844. The lowest BCUT2D eigenvalue weighted by Gasteiger charge is -2.19. The second-order valence-corrected chi connectivity index (χ2v) is 14.8. The molecule has 4 nitrogen and oxygen atoms in total. The Hall–Kier alpha value is -1.39. The smallest absolute Gasteiger partial charge is 0.220 e. The van der Waals surface area contributed by atoms with Crippen molar-refractivity contribution in [2.45, 2.75) is 238 Å². The number of nitrogens with one attached hydrogen (secondary N) is 1. The predicted molar refractivity (Wildman–Crippen MR) is 216 cm³/mol. The predicted octanol–water partition coefficient (Wildman–Crippen LogP) is 13.4. The Morgan fingerprint density at radius 1 is 0.469 bits per heavy atom. The van der Waals surface area contributed by atoms with Crippen LogP contribution in [0.4, 0.5) is 0 Å². The zero-order chi connectivity index (χ0) is 35.7. The summed E-state index contributed by atoms with van der Waals surface area (Å²) >= 11 is 0.